The first-order valence-electron chi connectivity index (χ1n) is 14.6. The number of aromatic nitrogens is 1. The van der Waals surface area contributed by atoms with E-state index in [-0.39, 0.29) is 30.3 Å². The third-order valence-electron chi connectivity index (χ3n) is 7.52. The van der Waals surface area contributed by atoms with Crippen molar-refractivity contribution in [2.45, 2.75) is 96.1 Å². The molecule has 10 nitrogen and oxygen atoms in total. The Balaban J connectivity index is 1.79. The van der Waals surface area contributed by atoms with E-state index in [9.17, 15) is 19.5 Å². The third-order valence-corrected chi connectivity index (χ3v) is 7.52. The van der Waals surface area contributed by atoms with E-state index < -0.39 is 35.8 Å². The van der Waals surface area contributed by atoms with Crippen LogP contribution >= 0.6 is 0 Å². The fourth-order valence-electron chi connectivity index (χ4n) is 5.33. The first kappa shape index (κ1) is 31.4. The second-order valence-electron chi connectivity index (χ2n) is 13.1. The number of hydrogen-bond donors (Lipinski definition) is 2. The smallest absolute Gasteiger partial charge is 0.411 e. The van der Waals surface area contributed by atoms with Crippen LogP contribution in [0.4, 0.5) is 10.5 Å². The normalized spacial score (nSPS) is 20.6. The number of hydrogen-bond acceptors (Lipinski definition) is 7. The number of nitrogens with one attached hydrogen (secondary N) is 1. The third kappa shape index (κ3) is 7.66. The lowest BCUT2D eigenvalue weighted by atomic mass is 9.87. The second-order valence-corrected chi connectivity index (χ2v) is 13.1. The highest BCUT2D eigenvalue weighted by atomic mass is 16.6. The van der Waals surface area contributed by atoms with Crippen LogP contribution in [0, 0.1) is 0 Å². The van der Waals surface area contributed by atoms with E-state index in [0.717, 1.165) is 5.56 Å². The van der Waals surface area contributed by atoms with E-state index in [1.807, 2.05) is 24.3 Å². The number of amides is 3. The molecule has 2 aliphatic rings. The van der Waals surface area contributed by atoms with Crippen LogP contribution in [-0.2, 0) is 24.5 Å². The van der Waals surface area contributed by atoms with Crippen LogP contribution in [0.5, 0.6) is 0 Å². The maximum atomic E-state index is 14.6. The molecule has 10 heteroatoms. The number of rotatable bonds is 6. The molecule has 0 saturated carbocycles. The molecule has 2 saturated heterocycles. The van der Waals surface area contributed by atoms with Crippen molar-refractivity contribution in [1.82, 2.24) is 15.2 Å². The van der Waals surface area contributed by atoms with Gasteiger partial charge in [-0.1, -0.05) is 39.0 Å². The van der Waals surface area contributed by atoms with Gasteiger partial charge in [0.15, 0.2) is 0 Å². The highest BCUT2D eigenvalue weighted by molar-refractivity contribution is 6.04. The molecule has 0 spiro atoms. The van der Waals surface area contributed by atoms with Crippen molar-refractivity contribution in [1.29, 1.82) is 0 Å². The molecule has 42 heavy (non-hydrogen) atoms. The van der Waals surface area contributed by atoms with E-state index in [1.165, 1.54) is 9.80 Å². The van der Waals surface area contributed by atoms with E-state index in [0.29, 0.717) is 37.3 Å². The Morgan fingerprint density at radius 1 is 1.07 bits per heavy atom. The Morgan fingerprint density at radius 3 is 2.31 bits per heavy atom. The lowest BCUT2D eigenvalue weighted by Crippen LogP contribution is -2.53. The number of ether oxygens (including phenoxy) is 2. The molecule has 0 bridgehead atoms. The highest BCUT2D eigenvalue weighted by Crippen LogP contribution is 2.34. The predicted octanol–water partition coefficient (Wildman–Crippen LogP) is 4.12. The van der Waals surface area contributed by atoms with Crippen molar-refractivity contribution in [3.63, 3.8) is 0 Å². The number of nitrogens with zero attached hydrogens (tertiary/aromatic N) is 3. The summed E-state index contributed by atoms with van der Waals surface area (Å²) in [6.45, 7) is 12.6. The van der Waals surface area contributed by atoms with Crippen LogP contribution in [-0.4, -0.2) is 76.4 Å². The van der Waals surface area contributed by atoms with E-state index in [4.69, 9.17) is 9.47 Å². The van der Waals surface area contributed by atoms with E-state index >= 15 is 0 Å². The summed E-state index contributed by atoms with van der Waals surface area (Å²) in [6, 6.07) is 8.82. The molecule has 228 valence electrons. The summed E-state index contributed by atoms with van der Waals surface area (Å²) >= 11 is 0. The first-order chi connectivity index (χ1) is 19.7. The molecule has 2 aliphatic heterocycles. The maximum Gasteiger partial charge on any atom is 0.411 e. The largest absolute Gasteiger partial charge is 0.444 e. The van der Waals surface area contributed by atoms with Crippen molar-refractivity contribution < 1.29 is 29.0 Å². The minimum atomic E-state index is -1.08. The van der Waals surface area contributed by atoms with Gasteiger partial charge in [-0.05, 0) is 62.8 Å². The van der Waals surface area contributed by atoms with Gasteiger partial charge < -0.3 is 19.9 Å². The maximum absolute atomic E-state index is 14.6. The van der Waals surface area contributed by atoms with Crippen LogP contribution < -0.4 is 10.2 Å². The number of carbonyl (C=O) groups is 3. The van der Waals surface area contributed by atoms with Gasteiger partial charge >= 0.3 is 6.09 Å². The summed E-state index contributed by atoms with van der Waals surface area (Å²) in [5, 5.41) is 13.7. The summed E-state index contributed by atoms with van der Waals surface area (Å²) < 4.78 is 11.1. The average molecular weight is 581 g/mol. The van der Waals surface area contributed by atoms with Gasteiger partial charge in [0.1, 0.15) is 17.7 Å². The summed E-state index contributed by atoms with van der Waals surface area (Å²) in [5.41, 5.74) is 1.17. The fraction of sp³-hybridized carbons (Fsp3) is 0.562. The fourth-order valence-corrected chi connectivity index (χ4v) is 5.33. The molecular weight excluding hydrogens is 536 g/mol. The zero-order chi connectivity index (χ0) is 30.7. The van der Waals surface area contributed by atoms with Gasteiger partial charge in [-0.3, -0.25) is 24.4 Å². The Morgan fingerprint density at radius 2 is 1.74 bits per heavy atom. The average Bonchev–Trinajstić information content (AvgIpc) is 3.33. The molecule has 2 aromatic rings. The molecule has 3 heterocycles. The van der Waals surface area contributed by atoms with Gasteiger partial charge in [-0.15, -0.1) is 0 Å². The molecular formula is C32H44N4O6. The summed E-state index contributed by atoms with van der Waals surface area (Å²) in [4.78, 5) is 48.9. The molecule has 0 radical (unpaired) electrons. The molecule has 1 aromatic heterocycles. The summed E-state index contributed by atoms with van der Waals surface area (Å²) in [7, 11) is 0. The molecule has 3 amide bonds. The number of pyridine rings is 1. The van der Waals surface area contributed by atoms with Crippen molar-refractivity contribution >= 4 is 23.6 Å². The monoisotopic (exact) mass is 580 g/mol. The Labute approximate surface area is 248 Å². The molecule has 2 N–H and O–H groups in total. The topological polar surface area (TPSA) is 121 Å². The number of aliphatic hydroxyl groups excluding tert-OH is 1. The zero-order valence-corrected chi connectivity index (χ0v) is 25.5. The standard InChI is InChI=1S/C32H44N4O6/c1-31(2,3)22-9-11-24(12-10-22)36(29(39)26-18-25(37)20-35(26)30(40)42-32(4,5)6)27(21-8-7-15-33-19-21)28(38)34-23-13-16-41-17-14-23/h7-12,15,19,23,25-27,37H,13-14,16-18,20H2,1-6H3,(H,34,38)/t25-,26-,27?/m1/s1. The number of likely N-dealkylation sites (tertiary alicyclic amines) is 1. The van der Waals surface area contributed by atoms with Crippen molar-refractivity contribution in [2.24, 2.45) is 0 Å². The van der Waals surface area contributed by atoms with Crippen LogP contribution in [0.15, 0.2) is 48.8 Å². The van der Waals surface area contributed by atoms with Gasteiger partial charge in [0.25, 0.3) is 5.91 Å². The van der Waals surface area contributed by atoms with Gasteiger partial charge in [-0.2, -0.15) is 0 Å². The number of β-amino-alcohol motifs (C(OH)–C–C–N with tert-alkyl or cyclic N) is 1. The lowest BCUT2D eigenvalue weighted by molar-refractivity contribution is -0.129. The van der Waals surface area contributed by atoms with Gasteiger partial charge in [0, 0.05) is 49.3 Å². The Bertz CT molecular complexity index is 1230. The predicted molar refractivity (Wildman–Crippen MR) is 159 cm³/mol. The minimum Gasteiger partial charge on any atom is -0.444 e. The number of benzene rings is 1. The first-order valence-corrected chi connectivity index (χ1v) is 14.6. The summed E-state index contributed by atoms with van der Waals surface area (Å²) in [5.74, 6) is -0.845. The van der Waals surface area contributed by atoms with Gasteiger partial charge in [0.05, 0.1) is 12.6 Å². The quantitative estimate of drug-likeness (QED) is 0.527. The molecule has 2 fully saturated rings. The van der Waals surface area contributed by atoms with Crippen LogP contribution in [0.25, 0.3) is 0 Å². The number of aliphatic hydroxyl groups is 1. The molecule has 3 atom stereocenters. The Hall–Kier alpha value is -3.50. The number of anilines is 1. The highest BCUT2D eigenvalue weighted by Gasteiger charge is 2.46. The SMILES string of the molecule is CC(C)(C)OC(=O)N1C[C@H](O)C[C@@H]1C(=O)N(c1ccc(C(C)(C)C)cc1)C(C(=O)NC1CCOCC1)c1cccnc1. The molecule has 1 unspecified atom stereocenters. The van der Waals surface area contributed by atoms with E-state index in [1.54, 1.807) is 45.3 Å². The van der Waals surface area contributed by atoms with Crippen molar-refractivity contribution in [3.05, 3.63) is 59.9 Å². The summed E-state index contributed by atoms with van der Waals surface area (Å²) in [6.07, 6.45) is 2.94. The van der Waals surface area contributed by atoms with Gasteiger partial charge in [0.2, 0.25) is 5.91 Å². The molecule has 4 rings (SSSR count). The van der Waals surface area contributed by atoms with Gasteiger partial charge in [-0.25, -0.2) is 4.79 Å². The lowest BCUT2D eigenvalue weighted by Gasteiger charge is -2.36. The Kier molecular flexibility index (Phi) is 9.57. The minimum absolute atomic E-state index is 0.0238. The van der Waals surface area contributed by atoms with Crippen LogP contribution in [0.1, 0.15) is 78.0 Å². The zero-order valence-electron chi connectivity index (χ0n) is 25.5. The second kappa shape index (κ2) is 12.8. The van der Waals surface area contributed by atoms with Crippen molar-refractivity contribution in [3.8, 4) is 0 Å². The van der Waals surface area contributed by atoms with Crippen LogP contribution in [0.3, 0.4) is 0 Å². The number of carbonyl (C=O) groups excluding carboxylic acids is 3. The molecule has 1 aromatic carbocycles. The molecule has 0 aliphatic carbocycles. The van der Waals surface area contributed by atoms with Crippen molar-refractivity contribution in [2.75, 3.05) is 24.7 Å². The van der Waals surface area contributed by atoms with E-state index in [2.05, 4.69) is 31.1 Å². The van der Waals surface area contributed by atoms with Crippen LogP contribution in [0.2, 0.25) is 0 Å².